The van der Waals surface area contributed by atoms with Crippen LogP contribution in [-0.2, 0) is 40.1 Å². The number of carbonyl (C=O) groups excluding carboxylic acids is 2. The Balaban J connectivity index is 0.000000186. The molecule has 5 aromatic rings. The van der Waals surface area contributed by atoms with Crippen LogP contribution >= 0.6 is 0 Å². The van der Waals surface area contributed by atoms with Gasteiger partial charge >= 0.3 is 12.1 Å². The van der Waals surface area contributed by atoms with Gasteiger partial charge in [0.05, 0.1) is 34.7 Å². The van der Waals surface area contributed by atoms with Crippen molar-refractivity contribution in [3.63, 3.8) is 0 Å². The Morgan fingerprint density at radius 1 is 0.950 bits per heavy atom. The average Bonchev–Trinajstić information content (AvgIpc) is 3.72. The molecule has 7 rings (SSSR count). The van der Waals surface area contributed by atoms with E-state index in [9.17, 15) is 23.2 Å². The number of H-pyrrole nitrogens is 1. The number of esters is 1. The molecule has 0 bridgehead atoms. The smallest absolute Gasteiger partial charge is 0.414 e. The van der Waals surface area contributed by atoms with E-state index in [0.29, 0.717) is 70.4 Å². The monoisotopic (exact) mass is 820 g/mol. The molecular weight excluding hydrogens is 775 g/mol. The van der Waals surface area contributed by atoms with E-state index in [4.69, 9.17) is 21.8 Å². The van der Waals surface area contributed by atoms with Crippen molar-refractivity contribution in [3.05, 3.63) is 139 Å². The largest absolute Gasteiger partial charge is 0.462 e. The van der Waals surface area contributed by atoms with Gasteiger partial charge in [-0.1, -0.05) is 0 Å². The minimum absolute atomic E-state index is 0.148. The highest BCUT2D eigenvalue weighted by Crippen LogP contribution is 2.39. The van der Waals surface area contributed by atoms with E-state index >= 15 is 0 Å². The van der Waals surface area contributed by atoms with Crippen molar-refractivity contribution in [1.29, 1.82) is 0 Å². The second-order valence-corrected chi connectivity index (χ2v) is 14.8. The Kier molecular flexibility index (Phi) is 13.7. The zero-order valence-corrected chi connectivity index (χ0v) is 34.7. The molecular formula is C43H46F2N10O5. The number of nitrogens with zero attached hydrogens (tertiary/aromatic N) is 7. The molecule has 3 heterocycles. The molecule has 0 aliphatic heterocycles. The molecule has 0 unspecified atom stereocenters. The lowest BCUT2D eigenvalue weighted by molar-refractivity contribution is -0.136. The third-order valence-corrected chi connectivity index (χ3v) is 9.10. The number of anilines is 2. The van der Waals surface area contributed by atoms with Crippen molar-refractivity contribution < 1.29 is 27.8 Å². The van der Waals surface area contributed by atoms with Crippen LogP contribution in [0.5, 0.6) is 0 Å². The first-order valence-electron chi connectivity index (χ1n) is 18.9. The van der Waals surface area contributed by atoms with Crippen LogP contribution in [0.3, 0.4) is 0 Å². The molecule has 312 valence electrons. The van der Waals surface area contributed by atoms with E-state index < -0.39 is 23.5 Å². The van der Waals surface area contributed by atoms with E-state index in [1.807, 2.05) is 13.8 Å². The number of fused-ring (bicyclic) bond motifs is 4. The second kappa shape index (κ2) is 18.7. The molecule has 17 heteroatoms. The van der Waals surface area contributed by atoms with Crippen molar-refractivity contribution >= 4 is 29.0 Å². The first-order valence-corrected chi connectivity index (χ1v) is 18.9. The number of nitrogens with one attached hydrogen (secondary N) is 2. The lowest BCUT2D eigenvalue weighted by Crippen LogP contribution is -2.34. The molecule has 2 aromatic carbocycles. The maximum Gasteiger partial charge on any atom is 0.414 e. The summed E-state index contributed by atoms with van der Waals surface area (Å²) in [5.41, 5.74) is 11.8. The highest BCUT2D eigenvalue weighted by Gasteiger charge is 2.32. The number of amides is 1. The predicted octanol–water partition coefficient (Wildman–Crippen LogP) is 6.40. The molecule has 60 heavy (non-hydrogen) atoms. The minimum Gasteiger partial charge on any atom is -0.462 e. The highest BCUT2D eigenvalue weighted by atomic mass is 19.1. The van der Waals surface area contributed by atoms with E-state index in [1.165, 1.54) is 36.2 Å². The molecule has 0 saturated carbocycles. The van der Waals surface area contributed by atoms with Crippen LogP contribution in [0.4, 0.5) is 25.0 Å². The molecule has 0 atom stereocenters. The van der Waals surface area contributed by atoms with Gasteiger partial charge in [0, 0.05) is 69.5 Å². The number of allylic oxidation sites excluding steroid dienone is 1. The maximum atomic E-state index is 14.1. The third kappa shape index (κ3) is 10.5. The number of aryl methyl sites for hydroxylation is 2. The minimum atomic E-state index is -0.685. The van der Waals surface area contributed by atoms with Crippen molar-refractivity contribution in [2.75, 3.05) is 30.9 Å². The van der Waals surface area contributed by atoms with Gasteiger partial charge in [-0.05, 0) is 93.6 Å². The SMILES string of the molecule is CCOC(=O)C1=C(N)Cc2c1cc(F)cc2N(C)C(=O)OC(C)(C)C.CNc1cc(F)cc2c1Cc1nc(Cc3cnc(C)nc3)[nH]c(=O)c1-2.[C-]#[N+]Cc1cnc(C)nc1. The van der Waals surface area contributed by atoms with Gasteiger partial charge in [-0.3, -0.25) is 9.69 Å². The van der Waals surface area contributed by atoms with Gasteiger partial charge in [0.15, 0.2) is 0 Å². The summed E-state index contributed by atoms with van der Waals surface area (Å²) < 4.78 is 38.3. The average molecular weight is 821 g/mol. The standard InChI is InChI=1S/C18H16FN5O.C18H23FN2O4.C7H7N3/c1-9-21-7-10(8-22-9)3-16-23-15-6-12-13(17(15)18(25)24-16)4-11(19)5-14(12)20-2;1-6-24-16(22)15-12-7-10(19)8-14(11(12)9-13(15)20)21(5)17(23)25-18(2,3)4;1-6-9-4-7(3-8-2)5-10-6/h4-5,7-8,20H,3,6H2,1-2H3,(H,23,24,25);7-8H,6,9,20H2,1-5H3;4-5H,3H2,1H3. The summed E-state index contributed by atoms with van der Waals surface area (Å²) in [6.45, 7) is 17.7. The van der Waals surface area contributed by atoms with Crippen LogP contribution in [0.2, 0.25) is 0 Å². The van der Waals surface area contributed by atoms with E-state index in [-0.39, 0.29) is 35.7 Å². The van der Waals surface area contributed by atoms with E-state index in [2.05, 4.69) is 40.1 Å². The van der Waals surface area contributed by atoms with Gasteiger partial charge in [0.1, 0.15) is 34.7 Å². The number of rotatable bonds is 7. The molecule has 2 aliphatic rings. The number of hydrogen-bond acceptors (Lipinski definition) is 12. The molecule has 15 nitrogen and oxygen atoms in total. The van der Waals surface area contributed by atoms with Crippen molar-refractivity contribution in [2.24, 2.45) is 5.73 Å². The third-order valence-electron chi connectivity index (χ3n) is 9.10. The molecule has 0 spiro atoms. The fourth-order valence-electron chi connectivity index (χ4n) is 6.45. The number of aromatic nitrogens is 6. The summed E-state index contributed by atoms with van der Waals surface area (Å²) >= 11 is 0. The van der Waals surface area contributed by atoms with Crippen LogP contribution in [0.15, 0.2) is 59.5 Å². The molecule has 0 saturated heterocycles. The van der Waals surface area contributed by atoms with Crippen LogP contribution in [-0.4, -0.2) is 68.3 Å². The van der Waals surface area contributed by atoms with Gasteiger partial charge in [-0.25, -0.2) is 49.9 Å². The van der Waals surface area contributed by atoms with Gasteiger partial charge in [-0.2, -0.15) is 0 Å². The summed E-state index contributed by atoms with van der Waals surface area (Å²) in [7, 11) is 3.22. The van der Waals surface area contributed by atoms with Crippen molar-refractivity contribution in [3.8, 4) is 11.1 Å². The molecule has 4 N–H and O–H groups in total. The van der Waals surface area contributed by atoms with Crippen LogP contribution in [0, 0.1) is 32.1 Å². The summed E-state index contributed by atoms with van der Waals surface area (Å²) in [6, 6.07) is 5.29. The quantitative estimate of drug-likeness (QED) is 0.119. The summed E-state index contributed by atoms with van der Waals surface area (Å²) in [5.74, 6) is 0.424. The van der Waals surface area contributed by atoms with Crippen molar-refractivity contribution in [2.45, 2.75) is 73.0 Å². The first-order chi connectivity index (χ1) is 28.4. The Morgan fingerprint density at radius 2 is 1.55 bits per heavy atom. The Hall–Kier alpha value is -7.09. The number of carbonyl (C=O) groups is 2. The summed E-state index contributed by atoms with van der Waals surface area (Å²) in [6.07, 6.45) is 7.35. The van der Waals surface area contributed by atoms with Crippen molar-refractivity contribution in [1.82, 2.24) is 29.9 Å². The first kappa shape index (κ1) is 44.0. The normalized spacial score (nSPS) is 12.1. The zero-order chi connectivity index (χ0) is 43.9. The van der Waals surface area contributed by atoms with Gasteiger partial charge in [0.25, 0.3) is 5.56 Å². The number of aromatic amines is 1. The number of hydrogen-bond donors (Lipinski definition) is 3. The Bertz CT molecular complexity index is 2540. The summed E-state index contributed by atoms with van der Waals surface area (Å²) in [4.78, 5) is 65.1. The van der Waals surface area contributed by atoms with Gasteiger partial charge < -0.3 is 30.4 Å². The number of benzene rings is 2. The second-order valence-electron chi connectivity index (χ2n) is 14.8. The van der Waals surface area contributed by atoms with E-state index in [0.717, 1.165) is 22.5 Å². The fraction of sp³-hybridized carbons (Fsp3) is 0.326. The molecule has 3 aromatic heterocycles. The molecule has 0 radical (unpaired) electrons. The lowest BCUT2D eigenvalue weighted by atomic mass is 10.0. The van der Waals surface area contributed by atoms with E-state index in [1.54, 1.807) is 59.5 Å². The predicted molar refractivity (Wildman–Crippen MR) is 222 cm³/mol. The lowest BCUT2D eigenvalue weighted by Gasteiger charge is -2.26. The molecule has 2 aliphatic carbocycles. The van der Waals surface area contributed by atoms with Gasteiger partial charge in [0.2, 0.25) is 6.54 Å². The number of nitrogens with two attached hydrogens (primary N) is 1. The van der Waals surface area contributed by atoms with Crippen LogP contribution in [0.25, 0.3) is 21.5 Å². The highest BCUT2D eigenvalue weighted by molar-refractivity contribution is 6.19. The van der Waals surface area contributed by atoms with Gasteiger partial charge in [-0.15, -0.1) is 0 Å². The zero-order valence-electron chi connectivity index (χ0n) is 34.7. The fourth-order valence-corrected chi connectivity index (χ4v) is 6.45. The van der Waals surface area contributed by atoms with Crippen LogP contribution < -0.4 is 21.5 Å². The topological polar surface area (TPSA) is 196 Å². The molecule has 1 amide bonds. The Labute approximate surface area is 346 Å². The number of ether oxygens (including phenoxy) is 2. The maximum absolute atomic E-state index is 14.1. The number of halogens is 2. The Morgan fingerprint density at radius 3 is 2.13 bits per heavy atom. The van der Waals surface area contributed by atoms with Crippen LogP contribution in [0.1, 0.15) is 78.7 Å². The summed E-state index contributed by atoms with van der Waals surface area (Å²) in [5, 5.41) is 2.99. The molecule has 0 fully saturated rings.